The summed E-state index contributed by atoms with van der Waals surface area (Å²) in [4.78, 5) is 14.5. The number of nitrogens with two attached hydrogens (primary N) is 1. The molecular weight excluding hydrogens is 309 g/mol. The molecule has 118 valence electrons. The van der Waals surface area contributed by atoms with Gasteiger partial charge in [-0.15, -0.1) is 0 Å². The predicted molar refractivity (Wildman–Crippen MR) is 91.1 cm³/mol. The number of hydrogen-bond donors (Lipinski definition) is 2. The second kappa shape index (κ2) is 7.87. The van der Waals surface area contributed by atoms with Crippen LogP contribution in [0.25, 0.3) is 0 Å². The normalized spacial score (nSPS) is 12.8. The minimum atomic E-state index is -0.262. The third kappa shape index (κ3) is 5.06. The summed E-state index contributed by atoms with van der Waals surface area (Å²) in [6.45, 7) is 9.82. The smallest absolute Gasteiger partial charge is 0.241 e. The Morgan fingerprint density at radius 1 is 1.29 bits per heavy atom. The summed E-state index contributed by atoms with van der Waals surface area (Å²) in [5.41, 5.74) is 6.53. The Balaban J connectivity index is 2.85. The monoisotopic (exact) mass is 331 g/mol. The van der Waals surface area contributed by atoms with Crippen molar-refractivity contribution in [2.24, 2.45) is 5.92 Å². The lowest BCUT2D eigenvalue weighted by atomic mass is 10.1. The number of nitrogens with zero attached hydrogens (tertiary/aromatic N) is 1. The Bertz CT molecular complexity index is 483. The maximum absolute atomic E-state index is 12.4. The van der Waals surface area contributed by atoms with Crippen LogP contribution < -0.4 is 11.1 Å². The highest BCUT2D eigenvalue weighted by molar-refractivity contribution is 6.40. The molecule has 0 saturated heterocycles. The van der Waals surface area contributed by atoms with Crippen molar-refractivity contribution in [2.75, 3.05) is 24.1 Å². The molecule has 1 aromatic carbocycles. The number of halogens is 2. The van der Waals surface area contributed by atoms with E-state index in [0.29, 0.717) is 27.3 Å². The summed E-state index contributed by atoms with van der Waals surface area (Å²) in [5.74, 6) is 0.356. The molecule has 0 fully saturated rings. The Hall–Kier alpha value is -0.970. The fourth-order valence-electron chi connectivity index (χ4n) is 2.14. The molecule has 0 aliphatic heterocycles. The highest BCUT2D eigenvalue weighted by atomic mass is 35.5. The molecule has 1 amide bonds. The van der Waals surface area contributed by atoms with Crippen LogP contribution in [0.4, 0.5) is 11.4 Å². The van der Waals surface area contributed by atoms with Gasteiger partial charge in [0.15, 0.2) is 0 Å². The van der Waals surface area contributed by atoms with E-state index in [2.05, 4.69) is 24.1 Å². The van der Waals surface area contributed by atoms with Crippen LogP contribution in [0.5, 0.6) is 0 Å². The number of rotatable bonds is 6. The number of nitrogens with one attached hydrogen (secondary N) is 1. The zero-order valence-corrected chi connectivity index (χ0v) is 14.4. The van der Waals surface area contributed by atoms with Crippen molar-refractivity contribution in [3.05, 3.63) is 22.2 Å². The molecule has 0 aromatic heterocycles. The number of hydrogen-bond acceptors (Lipinski definition) is 3. The van der Waals surface area contributed by atoms with Crippen LogP contribution in [0.1, 0.15) is 27.7 Å². The molecule has 0 heterocycles. The summed E-state index contributed by atoms with van der Waals surface area (Å²) >= 11 is 12.2. The van der Waals surface area contributed by atoms with Crippen molar-refractivity contribution in [3.63, 3.8) is 0 Å². The molecular formula is C15H23Cl2N3O. The first-order chi connectivity index (χ1) is 9.76. The number of anilines is 2. The summed E-state index contributed by atoms with van der Waals surface area (Å²) in [5, 5.41) is 3.47. The van der Waals surface area contributed by atoms with E-state index in [1.54, 1.807) is 12.1 Å². The molecule has 0 spiro atoms. The van der Waals surface area contributed by atoms with Crippen LogP contribution in [0.3, 0.4) is 0 Å². The summed E-state index contributed by atoms with van der Waals surface area (Å²) < 4.78 is 0. The molecule has 0 radical (unpaired) electrons. The average molecular weight is 332 g/mol. The number of carbonyl (C=O) groups excluding carboxylic acids is 1. The fourth-order valence-corrected chi connectivity index (χ4v) is 2.73. The molecule has 4 nitrogen and oxygen atoms in total. The van der Waals surface area contributed by atoms with E-state index in [0.717, 1.165) is 13.1 Å². The highest BCUT2D eigenvalue weighted by Gasteiger charge is 2.22. The van der Waals surface area contributed by atoms with Gasteiger partial charge in [0.1, 0.15) is 0 Å². The molecule has 0 aliphatic carbocycles. The first kappa shape index (κ1) is 18.1. The molecule has 0 aliphatic rings. The maximum atomic E-state index is 12.4. The van der Waals surface area contributed by atoms with Gasteiger partial charge in [-0.1, -0.05) is 44.0 Å². The van der Waals surface area contributed by atoms with Gasteiger partial charge in [-0.2, -0.15) is 0 Å². The van der Waals surface area contributed by atoms with Crippen LogP contribution in [0.2, 0.25) is 10.0 Å². The van der Waals surface area contributed by atoms with Crippen molar-refractivity contribution in [1.82, 2.24) is 4.90 Å². The van der Waals surface area contributed by atoms with E-state index < -0.39 is 0 Å². The Morgan fingerprint density at radius 2 is 1.81 bits per heavy atom. The van der Waals surface area contributed by atoms with E-state index in [9.17, 15) is 4.79 Å². The van der Waals surface area contributed by atoms with Crippen molar-refractivity contribution in [2.45, 2.75) is 33.7 Å². The first-order valence-corrected chi connectivity index (χ1v) is 7.81. The van der Waals surface area contributed by atoms with Crippen molar-refractivity contribution < 1.29 is 4.79 Å². The summed E-state index contributed by atoms with van der Waals surface area (Å²) in [6.07, 6.45) is 0. The van der Waals surface area contributed by atoms with Crippen LogP contribution >= 0.6 is 23.2 Å². The van der Waals surface area contributed by atoms with E-state index in [1.165, 1.54) is 0 Å². The second-order valence-electron chi connectivity index (χ2n) is 5.51. The fraction of sp³-hybridized carbons (Fsp3) is 0.533. The van der Waals surface area contributed by atoms with Gasteiger partial charge in [0.25, 0.3) is 0 Å². The molecule has 0 saturated carbocycles. The van der Waals surface area contributed by atoms with E-state index in [-0.39, 0.29) is 11.9 Å². The van der Waals surface area contributed by atoms with Gasteiger partial charge in [-0.3, -0.25) is 9.69 Å². The summed E-state index contributed by atoms with van der Waals surface area (Å²) in [6, 6.07) is 2.88. The molecule has 0 bridgehead atoms. The molecule has 1 atom stereocenters. The van der Waals surface area contributed by atoms with Gasteiger partial charge in [-0.25, -0.2) is 0 Å². The predicted octanol–water partition coefficient (Wildman–Crippen LogP) is 3.88. The Morgan fingerprint density at radius 3 is 2.24 bits per heavy atom. The van der Waals surface area contributed by atoms with Crippen molar-refractivity contribution >= 4 is 40.5 Å². The lowest BCUT2D eigenvalue weighted by Crippen LogP contribution is -2.43. The lowest BCUT2D eigenvalue weighted by Gasteiger charge is -2.28. The van der Waals surface area contributed by atoms with Gasteiger partial charge in [-0.05, 0) is 31.5 Å². The molecule has 1 rings (SSSR count). The van der Waals surface area contributed by atoms with E-state index in [1.807, 2.05) is 13.8 Å². The zero-order valence-electron chi connectivity index (χ0n) is 12.9. The number of nitrogen functional groups attached to an aromatic ring is 1. The molecule has 1 unspecified atom stereocenters. The van der Waals surface area contributed by atoms with Gasteiger partial charge < -0.3 is 11.1 Å². The van der Waals surface area contributed by atoms with Gasteiger partial charge in [0.05, 0.1) is 21.8 Å². The number of benzene rings is 1. The van der Waals surface area contributed by atoms with Gasteiger partial charge in [0.2, 0.25) is 5.91 Å². The topological polar surface area (TPSA) is 58.4 Å². The van der Waals surface area contributed by atoms with E-state index >= 15 is 0 Å². The Labute approximate surface area is 136 Å². The number of amides is 1. The third-order valence-electron chi connectivity index (χ3n) is 3.25. The van der Waals surface area contributed by atoms with E-state index in [4.69, 9.17) is 28.9 Å². The summed E-state index contributed by atoms with van der Waals surface area (Å²) in [7, 11) is 0. The Kier molecular flexibility index (Phi) is 6.78. The maximum Gasteiger partial charge on any atom is 0.241 e. The SMILES string of the molecule is CCN(CC(C)C)C(C)C(=O)Nc1c(Cl)cc(N)cc1Cl. The average Bonchev–Trinajstić information content (AvgIpc) is 2.38. The zero-order chi connectivity index (χ0) is 16.2. The minimum absolute atomic E-state index is 0.133. The highest BCUT2D eigenvalue weighted by Crippen LogP contribution is 2.33. The molecule has 21 heavy (non-hydrogen) atoms. The molecule has 6 heteroatoms. The van der Waals surface area contributed by atoms with Crippen molar-refractivity contribution in [3.8, 4) is 0 Å². The number of carbonyl (C=O) groups is 1. The first-order valence-electron chi connectivity index (χ1n) is 7.05. The van der Waals surface area contributed by atoms with Crippen LogP contribution in [-0.2, 0) is 4.79 Å². The molecule has 3 N–H and O–H groups in total. The lowest BCUT2D eigenvalue weighted by molar-refractivity contribution is -0.120. The molecule has 1 aromatic rings. The quantitative estimate of drug-likeness (QED) is 0.777. The van der Waals surface area contributed by atoms with Crippen LogP contribution in [0, 0.1) is 5.92 Å². The largest absolute Gasteiger partial charge is 0.399 e. The second-order valence-corrected chi connectivity index (χ2v) is 6.32. The van der Waals surface area contributed by atoms with Crippen molar-refractivity contribution in [1.29, 1.82) is 0 Å². The third-order valence-corrected chi connectivity index (χ3v) is 3.84. The number of likely N-dealkylation sites (N-methyl/N-ethyl adjacent to an activating group) is 1. The van der Waals surface area contributed by atoms with Crippen LogP contribution in [0.15, 0.2) is 12.1 Å². The minimum Gasteiger partial charge on any atom is -0.399 e. The van der Waals surface area contributed by atoms with Gasteiger partial charge >= 0.3 is 0 Å². The standard InChI is InChI=1S/C15H23Cl2N3O/c1-5-20(8-9(2)3)10(4)15(21)19-14-12(16)6-11(18)7-13(14)17/h6-7,9-10H,5,8,18H2,1-4H3,(H,19,21). The van der Waals surface area contributed by atoms with Gasteiger partial charge in [0, 0.05) is 12.2 Å². The van der Waals surface area contributed by atoms with Crippen LogP contribution in [-0.4, -0.2) is 29.9 Å².